The Balaban J connectivity index is 1.79. The van der Waals surface area contributed by atoms with E-state index in [-0.39, 0.29) is 6.61 Å². The van der Waals surface area contributed by atoms with E-state index in [1.54, 1.807) is 7.11 Å². The summed E-state index contributed by atoms with van der Waals surface area (Å²) in [5, 5.41) is 8.96. The first-order valence-corrected chi connectivity index (χ1v) is 7.58. The molecule has 0 aromatic heterocycles. The maximum atomic E-state index is 8.96. The molecular weight excluding hydrogens is 268 g/mol. The van der Waals surface area contributed by atoms with Gasteiger partial charge in [-0.1, -0.05) is 12.1 Å². The van der Waals surface area contributed by atoms with Gasteiger partial charge < -0.3 is 14.6 Å². The van der Waals surface area contributed by atoms with E-state index in [0.717, 1.165) is 45.0 Å². The summed E-state index contributed by atoms with van der Waals surface area (Å²) in [6, 6.07) is 8.27. The fourth-order valence-corrected chi connectivity index (χ4v) is 2.55. The quantitative estimate of drug-likeness (QED) is 0.719. The average Bonchev–Trinajstić information content (AvgIpc) is 2.50. The van der Waals surface area contributed by atoms with Crippen LogP contribution in [0.4, 0.5) is 0 Å². The number of benzene rings is 1. The molecule has 0 spiro atoms. The molecule has 21 heavy (non-hydrogen) atoms. The summed E-state index contributed by atoms with van der Waals surface area (Å²) in [7, 11) is 1.68. The topological polar surface area (TPSA) is 45.2 Å². The third-order valence-electron chi connectivity index (χ3n) is 3.74. The van der Waals surface area contributed by atoms with Crippen LogP contribution in [-0.4, -0.2) is 74.6 Å². The van der Waals surface area contributed by atoms with Crippen molar-refractivity contribution in [3.63, 3.8) is 0 Å². The summed E-state index contributed by atoms with van der Waals surface area (Å²) in [4.78, 5) is 4.75. The monoisotopic (exact) mass is 294 g/mol. The van der Waals surface area contributed by atoms with Crippen LogP contribution in [0.1, 0.15) is 5.56 Å². The molecule has 1 N–H and O–H groups in total. The second-order valence-electron chi connectivity index (χ2n) is 5.33. The molecule has 0 aliphatic carbocycles. The van der Waals surface area contributed by atoms with Gasteiger partial charge in [0, 0.05) is 46.4 Å². The van der Waals surface area contributed by atoms with Gasteiger partial charge in [-0.05, 0) is 17.7 Å². The van der Waals surface area contributed by atoms with Gasteiger partial charge in [0.25, 0.3) is 0 Å². The minimum absolute atomic E-state index is 0.251. The zero-order valence-electron chi connectivity index (χ0n) is 12.8. The van der Waals surface area contributed by atoms with E-state index < -0.39 is 0 Å². The highest BCUT2D eigenvalue weighted by atomic mass is 16.5. The molecule has 1 saturated heterocycles. The Morgan fingerprint density at radius 3 is 2.57 bits per heavy atom. The minimum Gasteiger partial charge on any atom is -0.491 e. The Labute approximate surface area is 127 Å². The van der Waals surface area contributed by atoms with Crippen molar-refractivity contribution >= 4 is 0 Å². The van der Waals surface area contributed by atoms with E-state index in [0.29, 0.717) is 13.2 Å². The lowest BCUT2D eigenvalue weighted by Crippen LogP contribution is -2.46. The third-order valence-corrected chi connectivity index (χ3v) is 3.74. The molecule has 2 rings (SSSR count). The molecule has 0 amide bonds. The summed E-state index contributed by atoms with van der Waals surface area (Å²) in [5.74, 6) is 0.906. The van der Waals surface area contributed by atoms with E-state index in [2.05, 4.69) is 21.9 Å². The van der Waals surface area contributed by atoms with Crippen LogP contribution in [-0.2, 0) is 11.3 Å². The van der Waals surface area contributed by atoms with Gasteiger partial charge in [0.2, 0.25) is 0 Å². The molecule has 1 aromatic rings. The average molecular weight is 294 g/mol. The van der Waals surface area contributed by atoms with Crippen molar-refractivity contribution < 1.29 is 14.6 Å². The van der Waals surface area contributed by atoms with Crippen molar-refractivity contribution in [2.75, 3.05) is 59.7 Å². The Hall–Kier alpha value is -1.14. The number of aliphatic hydroxyl groups excluding tert-OH is 1. The second-order valence-corrected chi connectivity index (χ2v) is 5.33. The van der Waals surface area contributed by atoms with Crippen molar-refractivity contribution in [2.24, 2.45) is 0 Å². The van der Waals surface area contributed by atoms with E-state index in [1.165, 1.54) is 5.56 Å². The molecule has 0 atom stereocenters. The van der Waals surface area contributed by atoms with E-state index in [9.17, 15) is 0 Å². The SMILES string of the molecule is COCCOc1cccc(CN2CCN(CCO)CC2)c1. The van der Waals surface area contributed by atoms with Crippen molar-refractivity contribution in [3.05, 3.63) is 29.8 Å². The van der Waals surface area contributed by atoms with Gasteiger partial charge in [-0.25, -0.2) is 0 Å². The minimum atomic E-state index is 0.251. The highest BCUT2D eigenvalue weighted by Gasteiger charge is 2.16. The number of rotatable bonds is 8. The van der Waals surface area contributed by atoms with Crippen LogP contribution < -0.4 is 4.74 Å². The Bertz CT molecular complexity index is 406. The molecule has 0 unspecified atom stereocenters. The van der Waals surface area contributed by atoms with Gasteiger partial charge in [0.1, 0.15) is 12.4 Å². The van der Waals surface area contributed by atoms with Crippen LogP contribution in [0.25, 0.3) is 0 Å². The van der Waals surface area contributed by atoms with Gasteiger partial charge in [-0.2, -0.15) is 0 Å². The summed E-state index contributed by atoms with van der Waals surface area (Å²) in [6.07, 6.45) is 0. The van der Waals surface area contributed by atoms with Crippen molar-refractivity contribution in [1.82, 2.24) is 9.80 Å². The van der Waals surface area contributed by atoms with Gasteiger partial charge in [0.05, 0.1) is 13.2 Å². The second kappa shape index (κ2) is 9.00. The van der Waals surface area contributed by atoms with Gasteiger partial charge in [0.15, 0.2) is 0 Å². The smallest absolute Gasteiger partial charge is 0.119 e. The summed E-state index contributed by atoms with van der Waals surface area (Å²) < 4.78 is 10.6. The van der Waals surface area contributed by atoms with Gasteiger partial charge in [-0.15, -0.1) is 0 Å². The fraction of sp³-hybridized carbons (Fsp3) is 0.625. The molecule has 0 saturated carbocycles. The standard InChI is InChI=1S/C16H26N2O3/c1-20-11-12-21-16-4-2-3-15(13-16)14-18-7-5-17(6-8-18)9-10-19/h2-4,13,19H,5-12,14H2,1H3. The number of methoxy groups -OCH3 is 1. The number of nitrogens with zero attached hydrogens (tertiary/aromatic N) is 2. The molecule has 1 aromatic carbocycles. The highest BCUT2D eigenvalue weighted by molar-refractivity contribution is 5.28. The number of aliphatic hydroxyl groups is 1. The highest BCUT2D eigenvalue weighted by Crippen LogP contribution is 2.16. The van der Waals surface area contributed by atoms with E-state index >= 15 is 0 Å². The van der Waals surface area contributed by atoms with E-state index in [1.807, 2.05) is 12.1 Å². The fourth-order valence-electron chi connectivity index (χ4n) is 2.55. The number of hydrogen-bond donors (Lipinski definition) is 1. The maximum absolute atomic E-state index is 8.96. The molecule has 1 heterocycles. The first kappa shape index (κ1) is 16.2. The molecule has 5 nitrogen and oxygen atoms in total. The lowest BCUT2D eigenvalue weighted by atomic mass is 10.2. The van der Waals surface area contributed by atoms with E-state index in [4.69, 9.17) is 14.6 Å². The van der Waals surface area contributed by atoms with Gasteiger partial charge in [-0.3, -0.25) is 9.80 Å². The lowest BCUT2D eigenvalue weighted by molar-refractivity contribution is 0.108. The molecule has 1 aliphatic heterocycles. The number of β-amino-alcohol motifs (C(OH)–C–C–N with tert-alkyl or cyclic N) is 1. The number of piperazine rings is 1. The zero-order chi connectivity index (χ0) is 14.9. The Kier molecular flexibility index (Phi) is 6.95. The van der Waals surface area contributed by atoms with Crippen molar-refractivity contribution in [3.8, 4) is 5.75 Å². The summed E-state index contributed by atoms with van der Waals surface area (Å²) in [5.41, 5.74) is 1.28. The largest absolute Gasteiger partial charge is 0.491 e. The predicted octanol–water partition coefficient (Wildman–Crippen LogP) is 0.822. The number of ether oxygens (including phenoxy) is 2. The van der Waals surface area contributed by atoms with Crippen LogP contribution in [0.5, 0.6) is 5.75 Å². The van der Waals surface area contributed by atoms with Crippen LogP contribution in [0, 0.1) is 0 Å². The van der Waals surface area contributed by atoms with Crippen molar-refractivity contribution in [1.29, 1.82) is 0 Å². The Morgan fingerprint density at radius 2 is 1.86 bits per heavy atom. The zero-order valence-corrected chi connectivity index (χ0v) is 12.8. The number of hydrogen-bond acceptors (Lipinski definition) is 5. The van der Waals surface area contributed by atoms with Crippen LogP contribution in [0.15, 0.2) is 24.3 Å². The van der Waals surface area contributed by atoms with Crippen LogP contribution in [0.2, 0.25) is 0 Å². The van der Waals surface area contributed by atoms with Crippen LogP contribution in [0.3, 0.4) is 0 Å². The molecule has 0 radical (unpaired) electrons. The maximum Gasteiger partial charge on any atom is 0.119 e. The first-order chi connectivity index (χ1) is 10.3. The molecular formula is C16H26N2O3. The third kappa shape index (κ3) is 5.63. The molecule has 1 fully saturated rings. The lowest BCUT2D eigenvalue weighted by Gasteiger charge is -2.34. The summed E-state index contributed by atoms with van der Waals surface area (Å²) >= 11 is 0. The molecule has 0 bridgehead atoms. The molecule has 118 valence electrons. The van der Waals surface area contributed by atoms with Crippen LogP contribution >= 0.6 is 0 Å². The Morgan fingerprint density at radius 1 is 1.10 bits per heavy atom. The molecule has 5 heteroatoms. The first-order valence-electron chi connectivity index (χ1n) is 7.58. The summed E-state index contributed by atoms with van der Waals surface area (Å²) in [6.45, 7) is 7.35. The molecule has 1 aliphatic rings. The van der Waals surface area contributed by atoms with Gasteiger partial charge >= 0.3 is 0 Å². The van der Waals surface area contributed by atoms with Crippen molar-refractivity contribution in [2.45, 2.75) is 6.54 Å². The predicted molar refractivity (Wildman–Crippen MR) is 82.6 cm³/mol. The normalized spacial score (nSPS) is 17.0.